The summed E-state index contributed by atoms with van der Waals surface area (Å²) in [7, 11) is -0.291. The van der Waals surface area contributed by atoms with Crippen LogP contribution in [0, 0.1) is 6.92 Å². The molecule has 1 N–H and O–H groups in total. The first-order valence-electron chi connectivity index (χ1n) is 4.39. The number of nitrogens with one attached hydrogen (secondary N) is 1. The molecule has 0 spiro atoms. The molecule has 90 valence electrons. The lowest BCUT2D eigenvalue weighted by atomic mass is 10.2. The van der Waals surface area contributed by atoms with Gasteiger partial charge in [0.15, 0.2) is 0 Å². The van der Waals surface area contributed by atoms with Gasteiger partial charge in [-0.1, -0.05) is 15.9 Å². The quantitative estimate of drug-likeness (QED) is 0.829. The van der Waals surface area contributed by atoms with Gasteiger partial charge in [0.05, 0.1) is 4.90 Å². The first kappa shape index (κ1) is 14.1. The Hall–Kier alpha value is 0.0500. The zero-order valence-electron chi connectivity index (χ0n) is 9.08. The summed E-state index contributed by atoms with van der Waals surface area (Å²) in [5.74, 6) is 0. The summed E-state index contributed by atoms with van der Waals surface area (Å²) < 4.78 is 25.1. The molecule has 0 fully saturated rings. The maximum Gasteiger partial charge on any atom is 0.254 e. The maximum absolute atomic E-state index is 11.9. The molecule has 16 heavy (non-hydrogen) atoms. The zero-order valence-corrected chi connectivity index (χ0v) is 13.1. The number of hydrazine groups is 1. The van der Waals surface area contributed by atoms with Crippen molar-refractivity contribution in [3.8, 4) is 0 Å². The maximum atomic E-state index is 11.9. The van der Waals surface area contributed by atoms with Crippen LogP contribution in [-0.2, 0) is 10.0 Å². The molecule has 4 nitrogen and oxygen atoms in total. The third-order valence-corrected chi connectivity index (χ3v) is 5.10. The van der Waals surface area contributed by atoms with Crippen LogP contribution in [-0.4, -0.2) is 27.5 Å². The lowest BCUT2D eigenvalue weighted by Crippen LogP contribution is -2.36. The minimum Gasteiger partial charge on any atom is -0.237 e. The standard InChI is InChI=1S/C9H12Br2N2O2S/c1-6-4-8(11)9(5-7(6)10)16(14,15)12-13(2)3/h4-5,12H,1-3H3. The molecule has 0 aliphatic carbocycles. The molecule has 0 radical (unpaired) electrons. The van der Waals surface area contributed by atoms with E-state index in [-0.39, 0.29) is 4.90 Å². The van der Waals surface area contributed by atoms with Gasteiger partial charge in [0, 0.05) is 23.0 Å². The minimum absolute atomic E-state index is 0.207. The SMILES string of the molecule is Cc1cc(Br)c(S(=O)(=O)NN(C)C)cc1Br. The van der Waals surface area contributed by atoms with E-state index < -0.39 is 10.0 Å². The Morgan fingerprint density at radius 1 is 1.19 bits per heavy atom. The van der Waals surface area contributed by atoms with E-state index in [1.165, 1.54) is 5.01 Å². The molecule has 1 aromatic rings. The van der Waals surface area contributed by atoms with E-state index in [9.17, 15) is 8.42 Å². The number of rotatable bonds is 3. The molecular formula is C9H12Br2N2O2S. The second-order valence-electron chi connectivity index (χ2n) is 3.52. The second kappa shape index (κ2) is 5.14. The summed E-state index contributed by atoms with van der Waals surface area (Å²) in [4.78, 5) is 2.58. The highest BCUT2D eigenvalue weighted by Crippen LogP contribution is 2.28. The summed E-state index contributed by atoms with van der Waals surface area (Å²) in [5, 5.41) is 1.38. The van der Waals surface area contributed by atoms with Gasteiger partial charge in [-0.05, 0) is 40.5 Å². The largest absolute Gasteiger partial charge is 0.254 e. The number of benzene rings is 1. The van der Waals surface area contributed by atoms with Crippen molar-refractivity contribution in [3.63, 3.8) is 0 Å². The van der Waals surface area contributed by atoms with Gasteiger partial charge < -0.3 is 0 Å². The smallest absolute Gasteiger partial charge is 0.237 e. The Balaban J connectivity index is 3.29. The zero-order chi connectivity index (χ0) is 12.5. The number of nitrogens with zero attached hydrogens (tertiary/aromatic N) is 1. The second-order valence-corrected chi connectivity index (χ2v) is 6.86. The van der Waals surface area contributed by atoms with E-state index in [0.717, 1.165) is 10.0 Å². The molecule has 0 aliphatic heterocycles. The van der Waals surface area contributed by atoms with Crippen LogP contribution in [0.5, 0.6) is 0 Å². The van der Waals surface area contributed by atoms with Crippen molar-refractivity contribution in [1.82, 2.24) is 9.84 Å². The lowest BCUT2D eigenvalue weighted by Gasteiger charge is -2.14. The predicted octanol–water partition coefficient (Wildman–Crippen LogP) is 2.27. The van der Waals surface area contributed by atoms with E-state index in [0.29, 0.717) is 4.47 Å². The molecule has 0 atom stereocenters. The number of aryl methyl sites for hydroxylation is 1. The van der Waals surface area contributed by atoms with Gasteiger partial charge in [-0.3, -0.25) is 0 Å². The Morgan fingerprint density at radius 2 is 1.75 bits per heavy atom. The van der Waals surface area contributed by atoms with E-state index in [2.05, 4.69) is 36.7 Å². The molecule has 1 aromatic carbocycles. The number of hydrogen-bond donors (Lipinski definition) is 1. The monoisotopic (exact) mass is 370 g/mol. The van der Waals surface area contributed by atoms with Gasteiger partial charge in [0.2, 0.25) is 0 Å². The normalized spacial score (nSPS) is 12.1. The van der Waals surface area contributed by atoms with Crippen LogP contribution < -0.4 is 4.83 Å². The highest BCUT2D eigenvalue weighted by molar-refractivity contribution is 9.11. The third-order valence-electron chi connectivity index (χ3n) is 1.81. The molecule has 0 aromatic heterocycles. The molecule has 0 bridgehead atoms. The number of sulfonamides is 1. The van der Waals surface area contributed by atoms with Crippen molar-refractivity contribution in [2.75, 3.05) is 14.1 Å². The Morgan fingerprint density at radius 3 is 2.25 bits per heavy atom. The topological polar surface area (TPSA) is 49.4 Å². The van der Waals surface area contributed by atoms with Crippen molar-refractivity contribution in [2.45, 2.75) is 11.8 Å². The van der Waals surface area contributed by atoms with Gasteiger partial charge in [-0.15, -0.1) is 4.83 Å². The van der Waals surface area contributed by atoms with Gasteiger partial charge >= 0.3 is 0 Å². The molecular weight excluding hydrogens is 360 g/mol. The summed E-state index contributed by atoms with van der Waals surface area (Å²) in [6, 6.07) is 3.33. The Labute approximate surface area is 112 Å². The highest BCUT2D eigenvalue weighted by atomic mass is 79.9. The molecule has 7 heteroatoms. The highest BCUT2D eigenvalue weighted by Gasteiger charge is 2.19. The van der Waals surface area contributed by atoms with Gasteiger partial charge in [-0.25, -0.2) is 13.4 Å². The summed E-state index contributed by atoms with van der Waals surface area (Å²) >= 11 is 6.56. The van der Waals surface area contributed by atoms with Gasteiger partial charge in [0.25, 0.3) is 10.0 Å². The Bertz CT molecular complexity index is 500. The van der Waals surface area contributed by atoms with E-state index in [4.69, 9.17) is 0 Å². The molecule has 0 heterocycles. The summed E-state index contributed by atoms with van der Waals surface area (Å²) in [6.07, 6.45) is 0. The summed E-state index contributed by atoms with van der Waals surface area (Å²) in [6.45, 7) is 1.89. The molecule has 1 rings (SSSR count). The fourth-order valence-electron chi connectivity index (χ4n) is 1.12. The van der Waals surface area contributed by atoms with Crippen molar-refractivity contribution >= 4 is 41.9 Å². The van der Waals surface area contributed by atoms with E-state index in [1.54, 1.807) is 26.2 Å². The third kappa shape index (κ3) is 3.27. The van der Waals surface area contributed by atoms with Gasteiger partial charge in [0.1, 0.15) is 0 Å². The van der Waals surface area contributed by atoms with Crippen LogP contribution in [0.1, 0.15) is 5.56 Å². The van der Waals surface area contributed by atoms with Crippen LogP contribution in [0.2, 0.25) is 0 Å². The fourth-order valence-corrected chi connectivity index (χ4v) is 3.88. The molecule has 0 saturated heterocycles. The van der Waals surface area contributed by atoms with Crippen LogP contribution in [0.15, 0.2) is 26.0 Å². The molecule has 0 saturated carbocycles. The van der Waals surface area contributed by atoms with Crippen LogP contribution in [0.3, 0.4) is 0 Å². The van der Waals surface area contributed by atoms with Crippen molar-refractivity contribution in [3.05, 3.63) is 26.6 Å². The van der Waals surface area contributed by atoms with Crippen LogP contribution in [0.25, 0.3) is 0 Å². The predicted molar refractivity (Wildman–Crippen MR) is 70.6 cm³/mol. The van der Waals surface area contributed by atoms with Crippen LogP contribution in [0.4, 0.5) is 0 Å². The van der Waals surface area contributed by atoms with Crippen molar-refractivity contribution < 1.29 is 8.42 Å². The van der Waals surface area contributed by atoms with Gasteiger partial charge in [-0.2, -0.15) is 0 Å². The lowest BCUT2D eigenvalue weighted by molar-refractivity contribution is 0.364. The van der Waals surface area contributed by atoms with Crippen molar-refractivity contribution in [2.24, 2.45) is 0 Å². The number of hydrogen-bond acceptors (Lipinski definition) is 3. The number of halogens is 2. The molecule has 0 aliphatic rings. The Kier molecular flexibility index (Phi) is 4.53. The average molecular weight is 372 g/mol. The van der Waals surface area contributed by atoms with E-state index in [1.807, 2.05) is 6.92 Å². The first-order chi connectivity index (χ1) is 7.24. The average Bonchev–Trinajstić information content (AvgIpc) is 2.08. The first-order valence-corrected chi connectivity index (χ1v) is 7.46. The van der Waals surface area contributed by atoms with Crippen LogP contribution >= 0.6 is 31.9 Å². The summed E-state index contributed by atoms with van der Waals surface area (Å²) in [5.41, 5.74) is 0.968. The van der Waals surface area contributed by atoms with E-state index >= 15 is 0 Å². The minimum atomic E-state index is -3.53. The fraction of sp³-hybridized carbons (Fsp3) is 0.333. The molecule has 0 amide bonds. The molecule has 0 unspecified atom stereocenters. The van der Waals surface area contributed by atoms with Crippen molar-refractivity contribution in [1.29, 1.82) is 0 Å².